The molecule has 1 aromatic heterocycles. The van der Waals surface area contributed by atoms with E-state index in [1.54, 1.807) is 4.31 Å². The van der Waals surface area contributed by atoms with Crippen LogP contribution in [0.25, 0.3) is 0 Å². The van der Waals surface area contributed by atoms with Gasteiger partial charge in [-0.25, -0.2) is 8.42 Å². The SMILES string of the molecule is CCN(C1CCCC1)S(=O)(=O)c1[nH]ncc1CN. The molecule has 18 heavy (non-hydrogen) atoms. The molecule has 0 atom stereocenters. The van der Waals surface area contributed by atoms with E-state index in [1.807, 2.05) is 6.92 Å². The Labute approximate surface area is 108 Å². The number of aromatic nitrogens is 2. The van der Waals surface area contributed by atoms with Crippen LogP contribution in [-0.4, -0.2) is 35.5 Å². The number of nitrogens with two attached hydrogens (primary N) is 1. The van der Waals surface area contributed by atoms with Gasteiger partial charge in [0.2, 0.25) is 0 Å². The molecule has 0 unspecified atom stereocenters. The third-order valence-corrected chi connectivity index (χ3v) is 5.55. The zero-order valence-electron chi connectivity index (χ0n) is 10.6. The van der Waals surface area contributed by atoms with E-state index in [-0.39, 0.29) is 17.6 Å². The second-order valence-corrected chi connectivity index (χ2v) is 6.40. The number of H-pyrrole nitrogens is 1. The van der Waals surface area contributed by atoms with Crippen molar-refractivity contribution in [1.29, 1.82) is 0 Å². The van der Waals surface area contributed by atoms with Crippen LogP contribution >= 0.6 is 0 Å². The molecule has 0 radical (unpaired) electrons. The van der Waals surface area contributed by atoms with E-state index < -0.39 is 10.0 Å². The van der Waals surface area contributed by atoms with Gasteiger partial charge in [0.05, 0.1) is 6.20 Å². The molecule has 0 spiro atoms. The maximum Gasteiger partial charge on any atom is 0.260 e. The van der Waals surface area contributed by atoms with Gasteiger partial charge in [0.15, 0.2) is 5.03 Å². The van der Waals surface area contributed by atoms with E-state index in [1.165, 1.54) is 6.20 Å². The fourth-order valence-corrected chi connectivity index (χ4v) is 4.42. The predicted octanol–water partition coefficient (Wildman–Crippen LogP) is 0.822. The topological polar surface area (TPSA) is 92.1 Å². The number of aromatic amines is 1. The van der Waals surface area contributed by atoms with Crippen molar-refractivity contribution in [3.05, 3.63) is 11.8 Å². The second-order valence-electron chi connectivity index (χ2n) is 4.58. The first-order chi connectivity index (χ1) is 8.61. The highest BCUT2D eigenvalue weighted by Crippen LogP contribution is 2.28. The van der Waals surface area contributed by atoms with E-state index in [2.05, 4.69) is 10.2 Å². The van der Waals surface area contributed by atoms with Crippen LogP contribution in [-0.2, 0) is 16.6 Å². The van der Waals surface area contributed by atoms with Crippen molar-refractivity contribution >= 4 is 10.0 Å². The Bertz CT molecular complexity index is 491. The van der Waals surface area contributed by atoms with Crippen LogP contribution in [0.3, 0.4) is 0 Å². The quantitative estimate of drug-likeness (QED) is 0.830. The van der Waals surface area contributed by atoms with E-state index >= 15 is 0 Å². The molecule has 1 aliphatic rings. The first-order valence-corrected chi connectivity index (χ1v) is 7.79. The number of rotatable bonds is 5. The molecule has 0 aliphatic heterocycles. The van der Waals surface area contributed by atoms with Crippen molar-refractivity contribution in [3.8, 4) is 0 Å². The van der Waals surface area contributed by atoms with Crippen LogP contribution in [0.15, 0.2) is 11.2 Å². The van der Waals surface area contributed by atoms with Gasteiger partial charge in [0, 0.05) is 24.7 Å². The van der Waals surface area contributed by atoms with Gasteiger partial charge in [0.1, 0.15) is 0 Å². The highest BCUT2D eigenvalue weighted by Gasteiger charge is 2.34. The molecule has 0 bridgehead atoms. The summed E-state index contributed by atoms with van der Waals surface area (Å²) in [6.45, 7) is 2.53. The van der Waals surface area contributed by atoms with Crippen molar-refractivity contribution in [1.82, 2.24) is 14.5 Å². The van der Waals surface area contributed by atoms with Gasteiger partial charge in [-0.3, -0.25) is 5.10 Å². The lowest BCUT2D eigenvalue weighted by Crippen LogP contribution is -2.39. The smallest absolute Gasteiger partial charge is 0.260 e. The monoisotopic (exact) mass is 272 g/mol. The fourth-order valence-electron chi connectivity index (χ4n) is 2.60. The molecule has 1 fully saturated rings. The summed E-state index contributed by atoms with van der Waals surface area (Å²) in [5.41, 5.74) is 6.09. The summed E-state index contributed by atoms with van der Waals surface area (Å²) in [5.74, 6) is 0. The summed E-state index contributed by atoms with van der Waals surface area (Å²) in [5, 5.41) is 6.52. The molecule has 1 aromatic rings. The summed E-state index contributed by atoms with van der Waals surface area (Å²) >= 11 is 0. The standard InChI is InChI=1S/C11H20N4O2S/c1-2-15(10-5-3-4-6-10)18(16,17)11-9(7-12)8-13-14-11/h8,10H,2-7,12H2,1H3,(H,13,14). The van der Waals surface area contributed by atoms with Crippen molar-refractivity contribution in [2.75, 3.05) is 6.54 Å². The molecule has 102 valence electrons. The first kappa shape index (κ1) is 13.5. The van der Waals surface area contributed by atoms with Crippen molar-refractivity contribution in [2.24, 2.45) is 5.73 Å². The molecule has 1 aliphatic carbocycles. The lowest BCUT2D eigenvalue weighted by Gasteiger charge is -2.26. The summed E-state index contributed by atoms with van der Waals surface area (Å²) in [4.78, 5) is 0. The Balaban J connectivity index is 2.33. The van der Waals surface area contributed by atoms with Crippen LogP contribution < -0.4 is 5.73 Å². The first-order valence-electron chi connectivity index (χ1n) is 6.35. The minimum absolute atomic E-state index is 0.119. The van der Waals surface area contributed by atoms with Gasteiger partial charge in [0.25, 0.3) is 10.0 Å². The number of nitrogens with zero attached hydrogens (tertiary/aromatic N) is 2. The maximum absolute atomic E-state index is 12.6. The van der Waals surface area contributed by atoms with Crippen LogP contribution in [0.5, 0.6) is 0 Å². The number of nitrogens with one attached hydrogen (secondary N) is 1. The van der Waals surface area contributed by atoms with Crippen LogP contribution in [0.4, 0.5) is 0 Å². The molecule has 0 amide bonds. The van der Waals surface area contributed by atoms with Gasteiger partial charge < -0.3 is 5.73 Å². The van der Waals surface area contributed by atoms with Crippen LogP contribution in [0, 0.1) is 0 Å². The molecule has 1 saturated carbocycles. The van der Waals surface area contributed by atoms with Crippen LogP contribution in [0.2, 0.25) is 0 Å². The third-order valence-electron chi connectivity index (χ3n) is 3.51. The molecule has 6 nitrogen and oxygen atoms in total. The second kappa shape index (κ2) is 5.38. The van der Waals surface area contributed by atoms with Crippen LogP contribution in [0.1, 0.15) is 38.2 Å². The molecule has 3 N–H and O–H groups in total. The number of sulfonamides is 1. The van der Waals surface area contributed by atoms with Crippen molar-refractivity contribution in [2.45, 2.75) is 50.2 Å². The molecular formula is C11H20N4O2S. The lowest BCUT2D eigenvalue weighted by molar-refractivity contribution is 0.334. The average molecular weight is 272 g/mol. The zero-order valence-corrected chi connectivity index (χ0v) is 11.4. The highest BCUT2D eigenvalue weighted by molar-refractivity contribution is 7.89. The summed E-state index contributed by atoms with van der Waals surface area (Å²) < 4.78 is 26.8. The van der Waals surface area contributed by atoms with Gasteiger partial charge in [-0.2, -0.15) is 9.40 Å². The zero-order chi connectivity index (χ0) is 13.2. The summed E-state index contributed by atoms with van der Waals surface area (Å²) in [6, 6.07) is 0.119. The highest BCUT2D eigenvalue weighted by atomic mass is 32.2. The summed E-state index contributed by atoms with van der Waals surface area (Å²) in [7, 11) is -3.50. The van der Waals surface area contributed by atoms with Gasteiger partial charge >= 0.3 is 0 Å². The van der Waals surface area contributed by atoms with E-state index in [9.17, 15) is 8.42 Å². The number of hydrogen-bond acceptors (Lipinski definition) is 4. The Morgan fingerprint density at radius 2 is 2.17 bits per heavy atom. The van der Waals surface area contributed by atoms with Crippen molar-refractivity contribution in [3.63, 3.8) is 0 Å². The maximum atomic E-state index is 12.6. The fraction of sp³-hybridized carbons (Fsp3) is 0.727. The molecule has 0 aromatic carbocycles. The van der Waals surface area contributed by atoms with Crippen molar-refractivity contribution < 1.29 is 8.42 Å². The van der Waals surface area contributed by atoms with Gasteiger partial charge in [-0.15, -0.1) is 0 Å². The molecule has 1 heterocycles. The normalized spacial score (nSPS) is 17.7. The minimum Gasteiger partial charge on any atom is -0.326 e. The predicted molar refractivity (Wildman–Crippen MR) is 68.3 cm³/mol. The average Bonchev–Trinajstić information content (AvgIpc) is 3.00. The Morgan fingerprint density at radius 3 is 2.72 bits per heavy atom. The third kappa shape index (κ3) is 2.30. The minimum atomic E-state index is -3.50. The van der Waals surface area contributed by atoms with E-state index in [4.69, 9.17) is 5.73 Å². The molecular weight excluding hydrogens is 252 g/mol. The Hall–Kier alpha value is -0.920. The van der Waals surface area contributed by atoms with Gasteiger partial charge in [-0.1, -0.05) is 19.8 Å². The van der Waals surface area contributed by atoms with E-state index in [0.29, 0.717) is 12.1 Å². The largest absolute Gasteiger partial charge is 0.326 e. The molecule has 0 saturated heterocycles. The Morgan fingerprint density at radius 1 is 1.50 bits per heavy atom. The van der Waals surface area contributed by atoms with E-state index in [0.717, 1.165) is 25.7 Å². The summed E-state index contributed by atoms with van der Waals surface area (Å²) in [6.07, 6.45) is 5.57. The number of hydrogen-bond donors (Lipinski definition) is 2. The molecule has 7 heteroatoms. The van der Waals surface area contributed by atoms with Gasteiger partial charge in [-0.05, 0) is 12.8 Å². The Kier molecular flexibility index (Phi) is 4.04. The lowest BCUT2D eigenvalue weighted by atomic mass is 10.2. The molecule has 2 rings (SSSR count).